The monoisotopic (exact) mass is 402 g/mol. The van der Waals surface area contributed by atoms with Gasteiger partial charge in [0.25, 0.3) is 5.91 Å². The van der Waals surface area contributed by atoms with Crippen LogP contribution in [0.2, 0.25) is 0 Å². The van der Waals surface area contributed by atoms with Crippen molar-refractivity contribution >= 4 is 17.5 Å². The van der Waals surface area contributed by atoms with Gasteiger partial charge in [-0.3, -0.25) is 9.59 Å². The van der Waals surface area contributed by atoms with Crippen LogP contribution in [0.5, 0.6) is 5.88 Å². The Hall–Kier alpha value is -2.35. The van der Waals surface area contributed by atoms with E-state index in [-0.39, 0.29) is 17.0 Å². The first-order valence-electron chi connectivity index (χ1n) is 10.4. The predicted octanol–water partition coefficient (Wildman–Crippen LogP) is 1.34. The smallest absolute Gasteiger partial charge is 0.270 e. The lowest BCUT2D eigenvalue weighted by Crippen LogP contribution is -2.66. The summed E-state index contributed by atoms with van der Waals surface area (Å²) in [6, 6.07) is 2.86. The standard InChI is InChI=1S/C21H30N4O4/c1-13(2)7-16(18(22)26)23-19(27)15-5-6-17(20(24-15)29-8-14-3-4-14)25-9-21(10-25)11-28-12-21/h5-6,13-14,16H,3-4,7-12H2,1-2H3,(H2,22,26)(H,23,27)/t16-/m0/s1. The maximum atomic E-state index is 12.7. The number of rotatable bonds is 9. The van der Waals surface area contributed by atoms with E-state index < -0.39 is 17.9 Å². The van der Waals surface area contributed by atoms with Crippen molar-refractivity contribution in [2.75, 3.05) is 37.8 Å². The number of hydrogen-bond acceptors (Lipinski definition) is 6. The second kappa shape index (κ2) is 7.82. The second-order valence-corrected chi connectivity index (χ2v) is 9.18. The van der Waals surface area contributed by atoms with Gasteiger partial charge in [0, 0.05) is 13.1 Å². The summed E-state index contributed by atoms with van der Waals surface area (Å²) in [5, 5.41) is 2.71. The average Bonchev–Trinajstić information content (AvgIpc) is 3.41. The Morgan fingerprint density at radius 3 is 2.62 bits per heavy atom. The molecular formula is C21H30N4O4. The summed E-state index contributed by atoms with van der Waals surface area (Å²) in [7, 11) is 0. The van der Waals surface area contributed by atoms with Crippen LogP contribution in [0.3, 0.4) is 0 Å². The maximum absolute atomic E-state index is 12.7. The SMILES string of the molecule is CC(C)C[C@H](NC(=O)c1ccc(N2CC3(COC3)C2)c(OCC2CC2)n1)C(N)=O. The van der Waals surface area contributed by atoms with Crippen LogP contribution in [0.15, 0.2) is 12.1 Å². The molecule has 3 aliphatic rings. The van der Waals surface area contributed by atoms with Crippen molar-refractivity contribution in [3.05, 3.63) is 17.8 Å². The van der Waals surface area contributed by atoms with Crippen LogP contribution in [0.25, 0.3) is 0 Å². The molecule has 1 aromatic rings. The fraction of sp³-hybridized carbons (Fsp3) is 0.667. The summed E-state index contributed by atoms with van der Waals surface area (Å²) in [6.45, 7) is 8.01. The van der Waals surface area contributed by atoms with Crippen molar-refractivity contribution in [2.24, 2.45) is 23.0 Å². The predicted molar refractivity (Wildman–Crippen MR) is 108 cm³/mol. The minimum absolute atomic E-state index is 0.231. The number of hydrogen-bond donors (Lipinski definition) is 2. The maximum Gasteiger partial charge on any atom is 0.270 e. The Morgan fingerprint density at radius 1 is 1.34 bits per heavy atom. The molecule has 3 heterocycles. The van der Waals surface area contributed by atoms with Gasteiger partial charge in [-0.2, -0.15) is 0 Å². The Bertz CT molecular complexity index is 781. The average molecular weight is 402 g/mol. The van der Waals surface area contributed by atoms with Crippen LogP contribution in [0.4, 0.5) is 5.69 Å². The highest BCUT2D eigenvalue weighted by molar-refractivity contribution is 5.96. The summed E-state index contributed by atoms with van der Waals surface area (Å²) in [5.41, 5.74) is 6.86. The van der Waals surface area contributed by atoms with E-state index in [1.54, 1.807) is 6.07 Å². The molecule has 0 bridgehead atoms. The van der Waals surface area contributed by atoms with Crippen LogP contribution in [0, 0.1) is 17.3 Å². The molecule has 3 N–H and O–H groups in total. The number of primary amides is 1. The van der Waals surface area contributed by atoms with Crippen molar-refractivity contribution in [3.63, 3.8) is 0 Å². The third-order valence-corrected chi connectivity index (χ3v) is 5.79. The van der Waals surface area contributed by atoms with E-state index in [1.165, 1.54) is 12.8 Å². The Balaban J connectivity index is 1.48. The van der Waals surface area contributed by atoms with E-state index in [0.29, 0.717) is 24.8 Å². The molecule has 158 valence electrons. The van der Waals surface area contributed by atoms with Crippen LogP contribution in [-0.4, -0.2) is 55.8 Å². The number of nitrogens with zero attached hydrogens (tertiary/aromatic N) is 2. The highest BCUT2D eigenvalue weighted by atomic mass is 16.5. The first-order chi connectivity index (χ1) is 13.8. The van der Waals surface area contributed by atoms with Crippen molar-refractivity contribution in [3.8, 4) is 5.88 Å². The second-order valence-electron chi connectivity index (χ2n) is 9.18. The van der Waals surface area contributed by atoms with Crippen LogP contribution in [-0.2, 0) is 9.53 Å². The van der Waals surface area contributed by atoms with E-state index in [1.807, 2.05) is 19.9 Å². The fourth-order valence-corrected chi connectivity index (χ4v) is 3.84. The number of pyridine rings is 1. The number of nitrogens with two attached hydrogens (primary N) is 1. The molecule has 0 radical (unpaired) electrons. The first-order valence-corrected chi connectivity index (χ1v) is 10.4. The number of ether oxygens (including phenoxy) is 2. The van der Waals surface area contributed by atoms with E-state index in [0.717, 1.165) is 32.0 Å². The Kier molecular flexibility index (Phi) is 5.38. The zero-order valence-corrected chi connectivity index (χ0v) is 17.1. The van der Waals surface area contributed by atoms with E-state index in [2.05, 4.69) is 15.2 Å². The molecule has 2 aliphatic heterocycles. The fourth-order valence-electron chi connectivity index (χ4n) is 3.84. The van der Waals surface area contributed by atoms with Crippen LogP contribution in [0.1, 0.15) is 43.6 Å². The summed E-state index contributed by atoms with van der Waals surface area (Å²) in [4.78, 5) is 31.1. The number of nitrogens with one attached hydrogen (secondary N) is 1. The quantitative estimate of drug-likeness (QED) is 0.645. The number of aromatic nitrogens is 1. The topological polar surface area (TPSA) is 107 Å². The minimum atomic E-state index is -0.714. The Morgan fingerprint density at radius 2 is 2.07 bits per heavy atom. The summed E-state index contributed by atoms with van der Waals surface area (Å²) in [6.07, 6.45) is 2.84. The lowest BCUT2D eigenvalue weighted by molar-refractivity contribution is -0.127. The highest BCUT2D eigenvalue weighted by Crippen LogP contribution is 2.43. The number of amides is 2. The largest absolute Gasteiger partial charge is 0.476 e. The van der Waals surface area contributed by atoms with Crippen molar-refractivity contribution in [1.82, 2.24) is 10.3 Å². The van der Waals surface area contributed by atoms with Gasteiger partial charge < -0.3 is 25.4 Å². The van der Waals surface area contributed by atoms with Gasteiger partial charge in [-0.1, -0.05) is 13.8 Å². The molecule has 2 amide bonds. The van der Waals surface area contributed by atoms with Gasteiger partial charge in [0.05, 0.1) is 30.9 Å². The molecule has 0 unspecified atom stereocenters. The number of carbonyl (C=O) groups is 2. The highest BCUT2D eigenvalue weighted by Gasteiger charge is 2.49. The summed E-state index contributed by atoms with van der Waals surface area (Å²) >= 11 is 0. The van der Waals surface area contributed by atoms with Crippen molar-refractivity contribution < 1.29 is 19.1 Å². The molecule has 8 nitrogen and oxygen atoms in total. The molecule has 0 aromatic carbocycles. The molecule has 1 aliphatic carbocycles. The van der Waals surface area contributed by atoms with Gasteiger partial charge in [-0.05, 0) is 43.2 Å². The Labute approximate surface area is 171 Å². The molecular weight excluding hydrogens is 372 g/mol. The molecule has 8 heteroatoms. The first kappa shape index (κ1) is 19.9. The van der Waals surface area contributed by atoms with Crippen LogP contribution < -0.4 is 20.7 Å². The summed E-state index contributed by atoms with van der Waals surface area (Å²) in [5.74, 6) is 0.344. The molecule has 3 fully saturated rings. The van der Waals surface area contributed by atoms with Crippen LogP contribution >= 0.6 is 0 Å². The van der Waals surface area contributed by atoms with Gasteiger partial charge in [0.1, 0.15) is 11.7 Å². The van der Waals surface area contributed by atoms with E-state index >= 15 is 0 Å². The van der Waals surface area contributed by atoms with Crippen molar-refractivity contribution in [2.45, 2.75) is 39.2 Å². The number of anilines is 1. The molecule has 29 heavy (non-hydrogen) atoms. The van der Waals surface area contributed by atoms with Gasteiger partial charge in [-0.25, -0.2) is 4.98 Å². The lowest BCUT2D eigenvalue weighted by atomic mass is 9.78. The van der Waals surface area contributed by atoms with E-state index in [4.69, 9.17) is 15.2 Å². The van der Waals surface area contributed by atoms with Gasteiger partial charge in [0.15, 0.2) is 0 Å². The molecule has 2 saturated heterocycles. The van der Waals surface area contributed by atoms with Gasteiger partial charge >= 0.3 is 0 Å². The molecule has 1 aromatic heterocycles. The zero-order chi connectivity index (χ0) is 20.6. The molecule has 1 spiro atoms. The lowest BCUT2D eigenvalue weighted by Gasteiger charge is -2.55. The normalized spacial score (nSPS) is 20.7. The molecule has 4 rings (SSSR count). The van der Waals surface area contributed by atoms with Crippen molar-refractivity contribution in [1.29, 1.82) is 0 Å². The zero-order valence-electron chi connectivity index (χ0n) is 17.1. The van der Waals surface area contributed by atoms with Gasteiger partial charge in [0.2, 0.25) is 11.8 Å². The van der Waals surface area contributed by atoms with Gasteiger partial charge in [-0.15, -0.1) is 0 Å². The minimum Gasteiger partial charge on any atom is -0.476 e. The summed E-state index contributed by atoms with van der Waals surface area (Å²) < 4.78 is 11.3. The number of carbonyl (C=O) groups excluding carboxylic acids is 2. The third-order valence-electron chi connectivity index (χ3n) is 5.79. The van der Waals surface area contributed by atoms with E-state index in [9.17, 15) is 9.59 Å². The third kappa shape index (κ3) is 4.47. The molecule has 1 saturated carbocycles. The molecule has 1 atom stereocenters.